The van der Waals surface area contributed by atoms with Gasteiger partial charge in [-0.05, 0) is 25.0 Å². The average Bonchev–Trinajstić information content (AvgIpc) is 2.92. The number of nitrogens with two attached hydrogens (primary N) is 1. The van der Waals surface area contributed by atoms with Crippen molar-refractivity contribution >= 4 is 11.7 Å². The molecule has 4 nitrogen and oxygen atoms in total. The molecule has 1 fully saturated rings. The number of rotatable bonds is 4. The molecule has 2 amide bonds. The third kappa shape index (κ3) is 3.44. The van der Waals surface area contributed by atoms with Gasteiger partial charge in [-0.1, -0.05) is 25.0 Å². The van der Waals surface area contributed by atoms with E-state index in [1.807, 2.05) is 0 Å². The largest absolute Gasteiger partial charge is 0.329 e. The summed E-state index contributed by atoms with van der Waals surface area (Å²) in [6, 6.07) is 6.15. The van der Waals surface area contributed by atoms with Crippen LogP contribution in [0.25, 0.3) is 0 Å². The smallest absolute Gasteiger partial charge is 0.322 e. The molecule has 3 N–H and O–H groups in total. The second kappa shape index (κ2) is 6.52. The van der Waals surface area contributed by atoms with Gasteiger partial charge in [-0.25, -0.2) is 9.18 Å². The zero-order valence-corrected chi connectivity index (χ0v) is 10.9. The molecule has 0 radical (unpaired) electrons. The van der Waals surface area contributed by atoms with Crippen LogP contribution in [0.3, 0.4) is 0 Å². The number of para-hydroxylation sites is 1. The molecule has 1 aliphatic carbocycles. The van der Waals surface area contributed by atoms with E-state index in [1.165, 1.54) is 6.07 Å². The predicted octanol–water partition coefficient (Wildman–Crippen LogP) is 2.56. The standard InChI is InChI=1S/C14H20FN3O/c15-12-7-3-4-8-13(12)17-14(19)18(10-9-16)11-5-1-2-6-11/h3-4,7-8,11H,1-2,5-6,9-10,16H2,(H,17,19). The second-order valence-corrected chi connectivity index (χ2v) is 4.83. The van der Waals surface area contributed by atoms with Crippen molar-refractivity contribution in [2.24, 2.45) is 5.73 Å². The van der Waals surface area contributed by atoms with Crippen molar-refractivity contribution in [2.75, 3.05) is 18.4 Å². The van der Waals surface area contributed by atoms with Crippen molar-refractivity contribution in [3.05, 3.63) is 30.1 Å². The molecule has 0 heterocycles. The number of hydrogen-bond donors (Lipinski definition) is 2. The molecular weight excluding hydrogens is 245 g/mol. The zero-order valence-electron chi connectivity index (χ0n) is 10.9. The number of nitrogens with one attached hydrogen (secondary N) is 1. The van der Waals surface area contributed by atoms with Gasteiger partial charge < -0.3 is 16.0 Å². The van der Waals surface area contributed by atoms with Crippen LogP contribution in [0.15, 0.2) is 24.3 Å². The SMILES string of the molecule is NCCN(C(=O)Nc1ccccc1F)C1CCCC1. The Morgan fingerprint density at radius 2 is 2.05 bits per heavy atom. The van der Waals surface area contributed by atoms with Gasteiger partial charge in [-0.2, -0.15) is 0 Å². The quantitative estimate of drug-likeness (QED) is 0.879. The molecule has 0 unspecified atom stereocenters. The first-order chi connectivity index (χ1) is 9.22. The molecule has 0 spiro atoms. The molecule has 19 heavy (non-hydrogen) atoms. The van der Waals surface area contributed by atoms with Crippen molar-refractivity contribution in [1.82, 2.24) is 4.90 Å². The van der Waals surface area contributed by atoms with E-state index in [0.717, 1.165) is 25.7 Å². The lowest BCUT2D eigenvalue weighted by Crippen LogP contribution is -2.44. The van der Waals surface area contributed by atoms with Gasteiger partial charge in [0.15, 0.2) is 0 Å². The predicted molar refractivity (Wildman–Crippen MR) is 73.4 cm³/mol. The Morgan fingerprint density at radius 1 is 1.37 bits per heavy atom. The molecule has 1 saturated carbocycles. The molecule has 2 rings (SSSR count). The Bertz CT molecular complexity index is 432. The average molecular weight is 265 g/mol. The summed E-state index contributed by atoms with van der Waals surface area (Å²) in [6.07, 6.45) is 4.28. The van der Waals surface area contributed by atoms with E-state index < -0.39 is 5.82 Å². The highest BCUT2D eigenvalue weighted by Crippen LogP contribution is 2.24. The Morgan fingerprint density at radius 3 is 2.68 bits per heavy atom. The van der Waals surface area contributed by atoms with Crippen molar-refractivity contribution in [3.63, 3.8) is 0 Å². The van der Waals surface area contributed by atoms with Gasteiger partial charge in [0.2, 0.25) is 0 Å². The van der Waals surface area contributed by atoms with Crippen LogP contribution in [-0.2, 0) is 0 Å². The minimum absolute atomic E-state index is 0.215. The van der Waals surface area contributed by atoms with E-state index in [-0.39, 0.29) is 17.8 Å². The maximum atomic E-state index is 13.5. The number of anilines is 1. The van der Waals surface area contributed by atoms with Crippen LogP contribution in [0.5, 0.6) is 0 Å². The summed E-state index contributed by atoms with van der Waals surface area (Å²) in [5.41, 5.74) is 5.78. The summed E-state index contributed by atoms with van der Waals surface area (Å²) < 4.78 is 13.5. The van der Waals surface area contributed by atoms with E-state index in [0.29, 0.717) is 13.1 Å². The molecule has 1 aromatic carbocycles. The van der Waals surface area contributed by atoms with E-state index in [1.54, 1.807) is 23.1 Å². The van der Waals surface area contributed by atoms with Crippen LogP contribution in [0.2, 0.25) is 0 Å². The van der Waals surface area contributed by atoms with Gasteiger partial charge in [0, 0.05) is 19.1 Å². The number of carbonyl (C=O) groups excluding carboxylic acids is 1. The topological polar surface area (TPSA) is 58.4 Å². The molecular formula is C14H20FN3O. The molecule has 0 aliphatic heterocycles. The summed E-state index contributed by atoms with van der Waals surface area (Å²) in [5, 5.41) is 2.63. The number of amides is 2. The maximum absolute atomic E-state index is 13.5. The fraction of sp³-hybridized carbons (Fsp3) is 0.500. The summed E-state index contributed by atoms with van der Waals surface area (Å²) in [7, 11) is 0. The van der Waals surface area contributed by atoms with Gasteiger partial charge in [0.1, 0.15) is 5.82 Å². The van der Waals surface area contributed by atoms with Crippen LogP contribution in [0, 0.1) is 5.82 Å². The Labute approximate surface area is 112 Å². The highest BCUT2D eigenvalue weighted by molar-refractivity contribution is 5.89. The first kappa shape index (κ1) is 13.8. The summed E-state index contributed by atoms with van der Waals surface area (Å²) >= 11 is 0. The molecule has 104 valence electrons. The molecule has 0 atom stereocenters. The van der Waals surface area contributed by atoms with Crippen LogP contribution < -0.4 is 11.1 Å². The number of benzene rings is 1. The number of carbonyl (C=O) groups is 1. The van der Waals surface area contributed by atoms with E-state index in [9.17, 15) is 9.18 Å². The van der Waals surface area contributed by atoms with E-state index in [4.69, 9.17) is 5.73 Å². The molecule has 5 heteroatoms. The normalized spacial score (nSPS) is 15.5. The first-order valence-corrected chi connectivity index (χ1v) is 6.74. The molecule has 0 bridgehead atoms. The second-order valence-electron chi connectivity index (χ2n) is 4.83. The minimum Gasteiger partial charge on any atom is -0.329 e. The van der Waals surface area contributed by atoms with Gasteiger partial charge in [0.05, 0.1) is 5.69 Å². The van der Waals surface area contributed by atoms with E-state index in [2.05, 4.69) is 5.32 Å². The highest BCUT2D eigenvalue weighted by atomic mass is 19.1. The molecule has 0 saturated heterocycles. The summed E-state index contributed by atoms with van der Waals surface area (Å²) in [5.74, 6) is -0.421. The van der Waals surface area contributed by atoms with Crippen molar-refractivity contribution in [1.29, 1.82) is 0 Å². The van der Waals surface area contributed by atoms with Crippen LogP contribution >= 0.6 is 0 Å². The maximum Gasteiger partial charge on any atom is 0.322 e. The summed E-state index contributed by atoms with van der Waals surface area (Å²) in [4.78, 5) is 14.0. The van der Waals surface area contributed by atoms with Crippen molar-refractivity contribution in [2.45, 2.75) is 31.7 Å². The Kier molecular flexibility index (Phi) is 4.74. The first-order valence-electron chi connectivity index (χ1n) is 6.74. The molecule has 1 aliphatic rings. The molecule has 0 aromatic heterocycles. The van der Waals surface area contributed by atoms with E-state index >= 15 is 0 Å². The Hall–Kier alpha value is -1.62. The van der Waals surface area contributed by atoms with Crippen molar-refractivity contribution in [3.8, 4) is 0 Å². The van der Waals surface area contributed by atoms with Gasteiger partial charge in [0.25, 0.3) is 0 Å². The number of nitrogens with zero attached hydrogens (tertiary/aromatic N) is 1. The lowest BCUT2D eigenvalue weighted by atomic mass is 10.2. The van der Waals surface area contributed by atoms with Gasteiger partial charge in [-0.3, -0.25) is 0 Å². The Balaban J connectivity index is 2.05. The van der Waals surface area contributed by atoms with Crippen LogP contribution in [-0.4, -0.2) is 30.1 Å². The van der Waals surface area contributed by atoms with Crippen LogP contribution in [0.1, 0.15) is 25.7 Å². The summed E-state index contributed by atoms with van der Waals surface area (Å²) in [6.45, 7) is 0.923. The number of halogens is 1. The van der Waals surface area contributed by atoms with Gasteiger partial charge in [-0.15, -0.1) is 0 Å². The third-order valence-electron chi connectivity index (χ3n) is 3.51. The van der Waals surface area contributed by atoms with Crippen LogP contribution in [0.4, 0.5) is 14.9 Å². The number of urea groups is 1. The fourth-order valence-electron chi connectivity index (χ4n) is 2.55. The minimum atomic E-state index is -0.421. The van der Waals surface area contributed by atoms with Crippen molar-refractivity contribution < 1.29 is 9.18 Å². The lowest BCUT2D eigenvalue weighted by Gasteiger charge is -2.28. The molecule has 1 aromatic rings. The zero-order chi connectivity index (χ0) is 13.7. The fourth-order valence-corrected chi connectivity index (χ4v) is 2.55. The number of hydrogen-bond acceptors (Lipinski definition) is 2. The monoisotopic (exact) mass is 265 g/mol. The highest BCUT2D eigenvalue weighted by Gasteiger charge is 2.26. The lowest BCUT2D eigenvalue weighted by molar-refractivity contribution is 0.190. The third-order valence-corrected chi connectivity index (χ3v) is 3.51. The van der Waals surface area contributed by atoms with Gasteiger partial charge >= 0.3 is 6.03 Å².